The van der Waals surface area contributed by atoms with Crippen LogP contribution in [0.2, 0.25) is 0 Å². The van der Waals surface area contributed by atoms with E-state index in [2.05, 4.69) is 36.0 Å². The Bertz CT molecular complexity index is 1620. The summed E-state index contributed by atoms with van der Waals surface area (Å²) in [5.74, 6) is -0.708. The molecular weight excluding hydrogens is 479 g/mol. The lowest BCUT2D eigenvalue weighted by Crippen LogP contribution is -2.25. The molecule has 36 heavy (non-hydrogen) atoms. The van der Waals surface area contributed by atoms with Gasteiger partial charge in [-0.3, -0.25) is 14.2 Å². The van der Waals surface area contributed by atoms with E-state index in [0.29, 0.717) is 23.1 Å². The number of alkyl halides is 3. The number of carbonyl (C=O) groups is 1. The molecule has 0 unspecified atom stereocenters. The average molecular weight is 495 g/mol. The minimum Gasteiger partial charge on any atom is -0.385 e. The first-order valence-electron chi connectivity index (χ1n) is 10.4. The van der Waals surface area contributed by atoms with Crippen LogP contribution in [0.4, 0.5) is 30.4 Å². The van der Waals surface area contributed by atoms with E-state index in [4.69, 9.17) is 0 Å². The van der Waals surface area contributed by atoms with Gasteiger partial charge in [0.1, 0.15) is 11.4 Å². The van der Waals surface area contributed by atoms with Crippen molar-refractivity contribution in [2.75, 3.05) is 17.7 Å². The number of allylic oxidation sites excluding steroid dienone is 3. The van der Waals surface area contributed by atoms with Crippen molar-refractivity contribution >= 4 is 28.7 Å². The van der Waals surface area contributed by atoms with Crippen molar-refractivity contribution in [3.05, 3.63) is 88.5 Å². The molecule has 0 fully saturated rings. The number of amides is 1. The van der Waals surface area contributed by atoms with Gasteiger partial charge in [0.15, 0.2) is 17.2 Å². The Balaban J connectivity index is 1.51. The number of carbonyl (C=O) groups excluding carboxylic acids is 1. The van der Waals surface area contributed by atoms with Gasteiger partial charge in [-0.25, -0.2) is 19.5 Å². The van der Waals surface area contributed by atoms with Crippen LogP contribution in [-0.2, 0) is 6.18 Å². The second-order valence-corrected chi connectivity index (χ2v) is 7.47. The second-order valence-electron chi connectivity index (χ2n) is 7.47. The molecule has 1 aliphatic rings. The number of nitrogens with zero attached hydrogens (tertiary/aromatic N) is 6. The van der Waals surface area contributed by atoms with Crippen molar-refractivity contribution in [2.24, 2.45) is 0 Å². The predicted octanol–water partition coefficient (Wildman–Crippen LogP) is 2.66. The van der Waals surface area contributed by atoms with Crippen LogP contribution in [-0.4, -0.2) is 42.1 Å². The Hall–Kier alpha value is -5.01. The zero-order chi connectivity index (χ0) is 25.4. The van der Waals surface area contributed by atoms with Crippen molar-refractivity contribution in [3.8, 4) is 5.95 Å². The third-order valence-corrected chi connectivity index (χ3v) is 5.14. The van der Waals surface area contributed by atoms with Crippen LogP contribution in [0.25, 0.3) is 11.6 Å². The predicted molar refractivity (Wildman–Crippen MR) is 123 cm³/mol. The van der Waals surface area contributed by atoms with Crippen molar-refractivity contribution in [1.82, 2.24) is 34.4 Å². The molecule has 14 heteroatoms. The molecule has 3 N–H and O–H groups in total. The Kier molecular flexibility index (Phi) is 5.47. The van der Waals surface area contributed by atoms with Gasteiger partial charge in [0.2, 0.25) is 5.95 Å². The van der Waals surface area contributed by atoms with E-state index in [0.717, 1.165) is 10.8 Å². The van der Waals surface area contributed by atoms with Crippen LogP contribution in [0.3, 0.4) is 0 Å². The zero-order valence-corrected chi connectivity index (χ0v) is 18.4. The lowest BCUT2D eigenvalue weighted by Gasteiger charge is -2.12. The number of fused-ring (bicyclic) bond motifs is 1. The van der Waals surface area contributed by atoms with Crippen LogP contribution in [0.1, 0.15) is 16.2 Å². The molecule has 182 valence electrons. The largest absolute Gasteiger partial charge is 0.433 e. The molecule has 0 radical (unpaired) electrons. The Morgan fingerprint density at radius 3 is 2.64 bits per heavy atom. The van der Waals surface area contributed by atoms with E-state index < -0.39 is 29.3 Å². The van der Waals surface area contributed by atoms with Crippen LogP contribution < -0.4 is 21.5 Å². The van der Waals surface area contributed by atoms with E-state index in [9.17, 15) is 22.8 Å². The quantitative estimate of drug-likeness (QED) is 0.372. The maximum Gasteiger partial charge on any atom is 0.433 e. The SMILES string of the molecule is CNc1cc(Nc2cccn(-c3nccc(C(F)(F)F)n3)c2=O)nn2c(C(=O)NC3=CC=C3)cnc12. The molecule has 1 amide bonds. The average Bonchev–Trinajstić information content (AvgIpc) is 3.26. The van der Waals surface area contributed by atoms with Crippen molar-refractivity contribution < 1.29 is 18.0 Å². The molecule has 0 saturated carbocycles. The summed E-state index contributed by atoms with van der Waals surface area (Å²) < 4.78 is 41.4. The molecule has 0 spiro atoms. The highest BCUT2D eigenvalue weighted by atomic mass is 19.4. The lowest BCUT2D eigenvalue weighted by molar-refractivity contribution is -0.141. The summed E-state index contributed by atoms with van der Waals surface area (Å²) in [6, 6.07) is 5.15. The van der Waals surface area contributed by atoms with E-state index >= 15 is 0 Å². The van der Waals surface area contributed by atoms with Gasteiger partial charge >= 0.3 is 6.18 Å². The lowest BCUT2D eigenvalue weighted by atomic mass is 10.2. The summed E-state index contributed by atoms with van der Waals surface area (Å²) in [5.41, 5.74) is -0.238. The molecule has 0 aromatic carbocycles. The summed E-state index contributed by atoms with van der Waals surface area (Å²) in [4.78, 5) is 37.2. The van der Waals surface area contributed by atoms with Crippen LogP contribution in [0.15, 0.2) is 71.6 Å². The van der Waals surface area contributed by atoms with Crippen LogP contribution in [0.5, 0.6) is 0 Å². The molecule has 4 aromatic heterocycles. The summed E-state index contributed by atoms with van der Waals surface area (Å²) >= 11 is 0. The first kappa shape index (κ1) is 22.8. The molecule has 11 nitrogen and oxygen atoms in total. The third-order valence-electron chi connectivity index (χ3n) is 5.14. The van der Waals surface area contributed by atoms with Gasteiger partial charge in [0, 0.05) is 31.2 Å². The Morgan fingerprint density at radius 1 is 1.14 bits per heavy atom. The fraction of sp³-hybridized carbons (Fsp3) is 0.0909. The zero-order valence-electron chi connectivity index (χ0n) is 18.4. The topological polar surface area (TPSA) is 131 Å². The van der Waals surface area contributed by atoms with Crippen molar-refractivity contribution in [1.29, 1.82) is 0 Å². The number of pyridine rings is 1. The highest BCUT2D eigenvalue weighted by Gasteiger charge is 2.33. The smallest absolute Gasteiger partial charge is 0.385 e. The van der Waals surface area contributed by atoms with Crippen molar-refractivity contribution in [3.63, 3.8) is 0 Å². The normalized spacial score (nSPS) is 12.7. The van der Waals surface area contributed by atoms with Crippen LogP contribution >= 0.6 is 0 Å². The maximum absolute atomic E-state index is 13.1. The van der Waals surface area contributed by atoms with Gasteiger partial charge < -0.3 is 16.0 Å². The van der Waals surface area contributed by atoms with Gasteiger partial charge in [-0.15, -0.1) is 5.10 Å². The monoisotopic (exact) mass is 495 g/mol. The number of hydrogen-bond donors (Lipinski definition) is 3. The first-order valence-corrected chi connectivity index (χ1v) is 10.4. The maximum atomic E-state index is 13.1. The minimum atomic E-state index is -4.69. The Morgan fingerprint density at radius 2 is 1.94 bits per heavy atom. The number of aromatic nitrogens is 6. The van der Waals surface area contributed by atoms with Crippen molar-refractivity contribution in [2.45, 2.75) is 6.18 Å². The van der Waals surface area contributed by atoms with E-state index in [1.807, 2.05) is 0 Å². The van der Waals surface area contributed by atoms with E-state index in [1.54, 1.807) is 31.3 Å². The molecule has 0 aliphatic heterocycles. The molecule has 0 saturated heterocycles. The van der Waals surface area contributed by atoms with Crippen LogP contribution in [0, 0.1) is 0 Å². The Labute approximate surface area is 200 Å². The molecule has 0 bridgehead atoms. The molecule has 5 rings (SSSR count). The first-order chi connectivity index (χ1) is 17.2. The minimum absolute atomic E-state index is 0.0108. The number of hydrogen-bond acceptors (Lipinski definition) is 8. The molecule has 4 heterocycles. The highest BCUT2D eigenvalue weighted by Crippen LogP contribution is 2.27. The summed E-state index contributed by atoms with van der Waals surface area (Å²) in [5, 5.41) is 12.9. The van der Waals surface area contributed by atoms with E-state index in [1.165, 1.54) is 29.0 Å². The highest BCUT2D eigenvalue weighted by molar-refractivity contribution is 5.95. The number of nitrogens with one attached hydrogen (secondary N) is 3. The molecular formula is C22H16F3N9O2. The molecule has 4 aromatic rings. The third kappa shape index (κ3) is 4.15. The molecule has 1 aliphatic carbocycles. The number of halogens is 3. The van der Waals surface area contributed by atoms with Gasteiger partial charge in [-0.2, -0.15) is 13.2 Å². The summed E-state index contributed by atoms with van der Waals surface area (Å²) in [6.45, 7) is 0. The summed E-state index contributed by atoms with van der Waals surface area (Å²) in [7, 11) is 1.65. The van der Waals surface area contributed by atoms with Gasteiger partial charge in [-0.05, 0) is 30.4 Å². The number of anilines is 3. The molecule has 0 atom stereocenters. The standard InChI is InChI=1S/C22H16F3N9O2/c1-26-14-10-17(32-34-15(11-28-18(14)34)19(35)29-12-4-2-5-12)30-13-6-3-9-33(20(13)36)21-27-8-7-16(31-21)22(23,24)25/h2-11,26H,1H3,(H,29,35)(H,30,32). The van der Waals surface area contributed by atoms with Gasteiger partial charge in [-0.1, -0.05) is 6.08 Å². The number of rotatable bonds is 6. The van der Waals surface area contributed by atoms with E-state index in [-0.39, 0.29) is 17.2 Å². The van der Waals surface area contributed by atoms with Gasteiger partial charge in [0.25, 0.3) is 11.5 Å². The van der Waals surface area contributed by atoms with Gasteiger partial charge in [0.05, 0.1) is 11.9 Å². The summed E-state index contributed by atoms with van der Waals surface area (Å²) in [6.07, 6.45) is 4.09. The second kappa shape index (κ2) is 8.65. The fourth-order valence-corrected chi connectivity index (χ4v) is 3.35. The fourth-order valence-electron chi connectivity index (χ4n) is 3.35. The number of imidazole rings is 1.